The number of hydrogen-bond acceptors (Lipinski definition) is 5. The van der Waals surface area contributed by atoms with Gasteiger partial charge in [-0.2, -0.15) is 0 Å². The van der Waals surface area contributed by atoms with E-state index in [1.165, 1.54) is 17.4 Å². The third-order valence-electron chi connectivity index (χ3n) is 4.06. The smallest absolute Gasteiger partial charge is 0.275 e. The Morgan fingerprint density at radius 3 is 2.83 bits per heavy atom. The summed E-state index contributed by atoms with van der Waals surface area (Å²) in [5, 5.41) is 4.87. The summed E-state index contributed by atoms with van der Waals surface area (Å²) in [7, 11) is 0. The number of nitrogens with zero attached hydrogens (tertiary/aromatic N) is 2. The zero-order valence-corrected chi connectivity index (χ0v) is 16.0. The Bertz CT molecular complexity index is 1130. The van der Waals surface area contributed by atoms with Crippen LogP contribution in [0.2, 0.25) is 0 Å². The maximum Gasteiger partial charge on any atom is 0.275 e. The van der Waals surface area contributed by atoms with Gasteiger partial charge in [-0.25, -0.2) is 9.37 Å². The molecule has 1 amide bonds. The normalized spacial score (nSPS) is 10.5. The molecule has 4 rings (SSSR count). The van der Waals surface area contributed by atoms with Crippen LogP contribution in [0.5, 0.6) is 5.75 Å². The molecule has 0 atom stereocenters. The molecular weight excluding hydrogens is 389 g/mol. The molecule has 0 unspecified atom stereocenters. The number of amides is 1. The maximum atomic E-state index is 13.9. The highest BCUT2D eigenvalue weighted by atomic mass is 32.1. The molecular formula is C22H16FN3O2S. The number of thiazole rings is 1. The zero-order chi connectivity index (χ0) is 20.1. The number of aromatic nitrogens is 2. The van der Waals surface area contributed by atoms with Crippen LogP contribution in [0, 0.1) is 5.82 Å². The molecule has 2 heterocycles. The molecule has 144 valence electrons. The first-order valence-electron chi connectivity index (χ1n) is 8.82. The average Bonchev–Trinajstić information content (AvgIpc) is 3.24. The summed E-state index contributed by atoms with van der Waals surface area (Å²) in [6, 6.07) is 17.2. The van der Waals surface area contributed by atoms with Crippen LogP contribution in [0.25, 0.3) is 10.6 Å². The lowest BCUT2D eigenvalue weighted by Gasteiger charge is -2.08. The summed E-state index contributed by atoms with van der Waals surface area (Å²) >= 11 is 1.22. The fourth-order valence-electron chi connectivity index (χ4n) is 2.65. The van der Waals surface area contributed by atoms with Crippen molar-refractivity contribution in [1.29, 1.82) is 0 Å². The first-order valence-corrected chi connectivity index (χ1v) is 9.70. The Balaban J connectivity index is 1.43. The largest absolute Gasteiger partial charge is 0.489 e. The second-order valence-corrected chi connectivity index (χ2v) is 7.01. The van der Waals surface area contributed by atoms with Gasteiger partial charge in [0.2, 0.25) is 0 Å². The van der Waals surface area contributed by atoms with Gasteiger partial charge < -0.3 is 10.1 Å². The van der Waals surface area contributed by atoms with Gasteiger partial charge in [0.05, 0.1) is 0 Å². The fourth-order valence-corrected chi connectivity index (χ4v) is 3.47. The van der Waals surface area contributed by atoms with E-state index in [9.17, 15) is 9.18 Å². The minimum Gasteiger partial charge on any atom is -0.489 e. The molecule has 0 fully saturated rings. The molecule has 2 aromatic carbocycles. The van der Waals surface area contributed by atoms with Crippen molar-refractivity contribution in [3.8, 4) is 16.3 Å². The summed E-state index contributed by atoms with van der Waals surface area (Å²) in [5.74, 6) is -0.113. The molecule has 0 aliphatic carbocycles. The SMILES string of the molecule is O=C(Nc1cccc(OCc2cccnc2)c1)c1csc(-c2ccccc2F)n1. The van der Waals surface area contributed by atoms with Crippen molar-refractivity contribution < 1.29 is 13.9 Å². The predicted octanol–water partition coefficient (Wildman–Crippen LogP) is 5.18. The van der Waals surface area contributed by atoms with Crippen molar-refractivity contribution in [3.63, 3.8) is 0 Å². The van der Waals surface area contributed by atoms with Crippen molar-refractivity contribution in [2.75, 3.05) is 5.32 Å². The maximum absolute atomic E-state index is 13.9. The molecule has 0 radical (unpaired) electrons. The third kappa shape index (κ3) is 4.64. The van der Waals surface area contributed by atoms with E-state index >= 15 is 0 Å². The van der Waals surface area contributed by atoms with Gasteiger partial charge in [-0.1, -0.05) is 24.3 Å². The number of rotatable bonds is 6. The van der Waals surface area contributed by atoms with Crippen molar-refractivity contribution in [3.05, 3.63) is 95.5 Å². The summed E-state index contributed by atoms with van der Waals surface area (Å²) in [5.41, 5.74) is 2.14. The van der Waals surface area contributed by atoms with Gasteiger partial charge >= 0.3 is 0 Å². The minimum atomic E-state index is -0.368. The zero-order valence-electron chi connectivity index (χ0n) is 15.2. The van der Waals surface area contributed by atoms with Gasteiger partial charge in [-0.05, 0) is 30.3 Å². The quantitative estimate of drug-likeness (QED) is 0.480. The van der Waals surface area contributed by atoms with Gasteiger partial charge in [-0.3, -0.25) is 9.78 Å². The number of benzene rings is 2. The van der Waals surface area contributed by atoms with Crippen molar-refractivity contribution >= 4 is 22.9 Å². The van der Waals surface area contributed by atoms with Gasteiger partial charge in [0.15, 0.2) is 0 Å². The average molecular weight is 405 g/mol. The van der Waals surface area contributed by atoms with Crippen LogP contribution in [-0.4, -0.2) is 15.9 Å². The van der Waals surface area contributed by atoms with Crippen LogP contribution in [-0.2, 0) is 6.61 Å². The Labute approximate surface area is 170 Å². The molecule has 0 saturated carbocycles. The molecule has 5 nitrogen and oxygen atoms in total. The van der Waals surface area contributed by atoms with Crippen molar-refractivity contribution in [2.45, 2.75) is 6.61 Å². The van der Waals surface area contributed by atoms with E-state index in [1.54, 1.807) is 54.2 Å². The number of ether oxygens (including phenoxy) is 1. The van der Waals surface area contributed by atoms with Crippen LogP contribution in [0.15, 0.2) is 78.4 Å². The number of carbonyl (C=O) groups is 1. The number of hydrogen-bond donors (Lipinski definition) is 1. The first-order chi connectivity index (χ1) is 14.2. The lowest BCUT2D eigenvalue weighted by atomic mass is 10.2. The molecule has 29 heavy (non-hydrogen) atoms. The Morgan fingerprint density at radius 1 is 1.10 bits per heavy atom. The second-order valence-electron chi connectivity index (χ2n) is 6.15. The fraction of sp³-hybridized carbons (Fsp3) is 0.0455. The van der Waals surface area contributed by atoms with E-state index in [1.807, 2.05) is 18.2 Å². The molecule has 4 aromatic rings. The highest BCUT2D eigenvalue weighted by molar-refractivity contribution is 7.13. The van der Waals surface area contributed by atoms with Crippen LogP contribution in [0.1, 0.15) is 16.1 Å². The van der Waals surface area contributed by atoms with E-state index in [0.29, 0.717) is 28.6 Å². The number of anilines is 1. The number of halogens is 1. The molecule has 0 saturated heterocycles. The van der Waals surface area contributed by atoms with Crippen LogP contribution in [0.4, 0.5) is 10.1 Å². The number of pyridine rings is 1. The monoisotopic (exact) mass is 405 g/mol. The number of nitrogens with one attached hydrogen (secondary N) is 1. The summed E-state index contributed by atoms with van der Waals surface area (Å²) in [6.45, 7) is 0.378. The highest BCUT2D eigenvalue weighted by Crippen LogP contribution is 2.26. The van der Waals surface area contributed by atoms with Crippen LogP contribution in [0.3, 0.4) is 0 Å². The Morgan fingerprint density at radius 2 is 2.00 bits per heavy atom. The second kappa shape index (κ2) is 8.62. The summed E-state index contributed by atoms with van der Waals surface area (Å²) in [6.07, 6.45) is 3.44. The van der Waals surface area contributed by atoms with E-state index in [0.717, 1.165) is 5.56 Å². The number of carbonyl (C=O) groups excluding carboxylic acids is 1. The van der Waals surface area contributed by atoms with E-state index < -0.39 is 0 Å². The lowest BCUT2D eigenvalue weighted by molar-refractivity contribution is 0.102. The van der Waals surface area contributed by atoms with Crippen LogP contribution < -0.4 is 10.1 Å². The minimum absolute atomic E-state index is 0.231. The summed E-state index contributed by atoms with van der Waals surface area (Å²) in [4.78, 5) is 20.8. The van der Waals surface area contributed by atoms with E-state index in [2.05, 4.69) is 15.3 Å². The van der Waals surface area contributed by atoms with Crippen molar-refractivity contribution in [2.24, 2.45) is 0 Å². The van der Waals surface area contributed by atoms with Crippen LogP contribution >= 0.6 is 11.3 Å². The Kier molecular flexibility index (Phi) is 5.58. The van der Waals surface area contributed by atoms with Gasteiger partial charge in [0, 0.05) is 40.7 Å². The van der Waals surface area contributed by atoms with E-state index in [4.69, 9.17) is 4.74 Å². The van der Waals surface area contributed by atoms with Gasteiger partial charge in [0.1, 0.15) is 28.9 Å². The molecule has 0 aliphatic rings. The predicted molar refractivity (Wildman–Crippen MR) is 110 cm³/mol. The third-order valence-corrected chi connectivity index (χ3v) is 4.94. The molecule has 0 aliphatic heterocycles. The topological polar surface area (TPSA) is 64.1 Å². The van der Waals surface area contributed by atoms with E-state index in [-0.39, 0.29) is 17.4 Å². The van der Waals surface area contributed by atoms with Crippen molar-refractivity contribution in [1.82, 2.24) is 9.97 Å². The molecule has 2 aromatic heterocycles. The lowest BCUT2D eigenvalue weighted by Crippen LogP contribution is -2.12. The Hall–Kier alpha value is -3.58. The molecule has 0 bridgehead atoms. The van der Waals surface area contributed by atoms with Gasteiger partial charge in [0.25, 0.3) is 5.91 Å². The summed E-state index contributed by atoms with van der Waals surface area (Å²) < 4.78 is 19.7. The highest BCUT2D eigenvalue weighted by Gasteiger charge is 2.14. The molecule has 0 spiro atoms. The first kappa shape index (κ1) is 18.8. The standard InChI is InChI=1S/C22H16FN3O2S/c23-19-9-2-1-8-18(19)22-26-20(14-29-22)21(27)25-16-6-3-7-17(11-16)28-13-15-5-4-10-24-12-15/h1-12,14H,13H2,(H,25,27). The molecule has 7 heteroatoms. The molecule has 1 N–H and O–H groups in total. The van der Waals surface area contributed by atoms with Gasteiger partial charge in [-0.15, -0.1) is 11.3 Å².